The lowest BCUT2D eigenvalue weighted by atomic mass is 10.1. The Bertz CT molecular complexity index is 1220. The Labute approximate surface area is 184 Å². The second-order valence-corrected chi connectivity index (χ2v) is 9.55. The third kappa shape index (κ3) is 4.87. The lowest BCUT2D eigenvalue weighted by molar-refractivity contribution is 0.102. The van der Waals surface area contributed by atoms with Crippen molar-refractivity contribution in [2.45, 2.75) is 23.8 Å². The molecule has 0 spiro atoms. The molecule has 2 N–H and O–H groups in total. The molecule has 10 heteroatoms. The first-order valence-corrected chi connectivity index (χ1v) is 11.9. The van der Waals surface area contributed by atoms with Crippen LogP contribution in [0.1, 0.15) is 23.2 Å². The van der Waals surface area contributed by atoms with E-state index < -0.39 is 15.9 Å². The van der Waals surface area contributed by atoms with E-state index in [4.69, 9.17) is 9.47 Å². The van der Waals surface area contributed by atoms with Crippen molar-refractivity contribution in [3.63, 3.8) is 0 Å². The summed E-state index contributed by atoms with van der Waals surface area (Å²) in [4.78, 5) is 17.2. The summed E-state index contributed by atoms with van der Waals surface area (Å²) in [5.74, 6) is 0.847. The molecule has 1 saturated carbocycles. The van der Waals surface area contributed by atoms with Gasteiger partial charge in [0.05, 0.1) is 24.8 Å². The predicted octanol–water partition coefficient (Wildman–Crippen LogP) is 3.52. The van der Waals surface area contributed by atoms with Crippen LogP contribution in [-0.2, 0) is 10.0 Å². The highest BCUT2D eigenvalue weighted by Gasteiger charge is 2.28. The number of nitrogens with zero attached hydrogens (tertiary/aromatic N) is 1. The highest BCUT2D eigenvalue weighted by atomic mass is 32.2. The van der Waals surface area contributed by atoms with Crippen LogP contribution in [0.2, 0.25) is 0 Å². The molecule has 0 unspecified atom stereocenters. The minimum absolute atomic E-state index is 0.00942. The van der Waals surface area contributed by atoms with Crippen molar-refractivity contribution in [1.29, 1.82) is 0 Å². The van der Waals surface area contributed by atoms with Gasteiger partial charge in [-0.2, -0.15) is 0 Å². The number of aromatic nitrogens is 1. The number of amides is 1. The van der Waals surface area contributed by atoms with Crippen molar-refractivity contribution in [2.75, 3.05) is 19.5 Å². The number of hydrogen-bond acceptors (Lipinski definition) is 7. The molecular weight excluding hydrogens is 438 g/mol. The molecule has 2 aromatic carbocycles. The van der Waals surface area contributed by atoms with Gasteiger partial charge in [0, 0.05) is 22.5 Å². The third-order valence-electron chi connectivity index (χ3n) is 4.71. The number of carbonyl (C=O) groups excluding carboxylic acids is 1. The molecule has 1 amide bonds. The summed E-state index contributed by atoms with van der Waals surface area (Å²) in [6, 6.07) is 11.3. The summed E-state index contributed by atoms with van der Waals surface area (Å²) in [5, 5.41) is 4.91. The second kappa shape index (κ2) is 8.66. The molecule has 4 rings (SSSR count). The van der Waals surface area contributed by atoms with Gasteiger partial charge >= 0.3 is 0 Å². The number of ether oxygens (including phenoxy) is 2. The number of anilines is 1. The van der Waals surface area contributed by atoms with Gasteiger partial charge in [0.15, 0.2) is 5.13 Å². The number of sulfonamides is 1. The first kappa shape index (κ1) is 21.3. The molecule has 0 radical (unpaired) electrons. The van der Waals surface area contributed by atoms with E-state index in [9.17, 15) is 13.2 Å². The number of hydrogen-bond donors (Lipinski definition) is 2. The van der Waals surface area contributed by atoms with Gasteiger partial charge in [-0.15, -0.1) is 11.3 Å². The summed E-state index contributed by atoms with van der Waals surface area (Å²) in [6.07, 6.45) is 1.67. The molecule has 0 saturated heterocycles. The van der Waals surface area contributed by atoms with Crippen LogP contribution in [0.5, 0.6) is 11.5 Å². The summed E-state index contributed by atoms with van der Waals surface area (Å²) < 4.78 is 38.1. The smallest absolute Gasteiger partial charge is 0.257 e. The van der Waals surface area contributed by atoms with Crippen LogP contribution >= 0.6 is 11.3 Å². The number of nitrogens with one attached hydrogen (secondary N) is 2. The Kier molecular flexibility index (Phi) is 5.94. The highest BCUT2D eigenvalue weighted by Crippen LogP contribution is 2.35. The van der Waals surface area contributed by atoms with Gasteiger partial charge in [-0.05, 0) is 49.2 Å². The van der Waals surface area contributed by atoms with Gasteiger partial charge in [0.25, 0.3) is 5.91 Å². The normalized spacial score (nSPS) is 13.6. The molecule has 1 aromatic heterocycles. The van der Waals surface area contributed by atoms with Crippen LogP contribution in [0, 0.1) is 0 Å². The maximum atomic E-state index is 12.7. The predicted molar refractivity (Wildman–Crippen MR) is 118 cm³/mol. The van der Waals surface area contributed by atoms with Crippen molar-refractivity contribution in [2.24, 2.45) is 0 Å². The number of thiazole rings is 1. The van der Waals surface area contributed by atoms with E-state index in [1.54, 1.807) is 49.9 Å². The van der Waals surface area contributed by atoms with Crippen molar-refractivity contribution in [1.82, 2.24) is 9.71 Å². The summed E-state index contributed by atoms with van der Waals surface area (Å²) in [5.41, 5.74) is 1.59. The van der Waals surface area contributed by atoms with Crippen LogP contribution in [0.3, 0.4) is 0 Å². The molecule has 3 aromatic rings. The van der Waals surface area contributed by atoms with Gasteiger partial charge in [-0.3, -0.25) is 10.1 Å². The summed E-state index contributed by atoms with van der Waals surface area (Å²) in [7, 11) is -0.496. The molecule has 1 aliphatic rings. The van der Waals surface area contributed by atoms with E-state index in [-0.39, 0.29) is 16.5 Å². The highest BCUT2D eigenvalue weighted by molar-refractivity contribution is 7.89. The van der Waals surface area contributed by atoms with E-state index in [0.717, 1.165) is 18.4 Å². The molecule has 31 heavy (non-hydrogen) atoms. The average Bonchev–Trinajstić information content (AvgIpc) is 3.46. The molecule has 0 aliphatic heterocycles. The second-order valence-electron chi connectivity index (χ2n) is 6.98. The molecule has 0 bridgehead atoms. The Morgan fingerprint density at radius 1 is 1.13 bits per heavy atom. The monoisotopic (exact) mass is 459 g/mol. The maximum Gasteiger partial charge on any atom is 0.257 e. The number of methoxy groups -OCH3 is 2. The fourth-order valence-corrected chi connectivity index (χ4v) is 4.99. The third-order valence-corrected chi connectivity index (χ3v) is 6.99. The lowest BCUT2D eigenvalue weighted by Crippen LogP contribution is -2.26. The zero-order valence-corrected chi connectivity index (χ0v) is 18.5. The van der Waals surface area contributed by atoms with E-state index in [2.05, 4.69) is 15.0 Å². The van der Waals surface area contributed by atoms with Crippen molar-refractivity contribution in [3.05, 3.63) is 53.4 Å². The molecular formula is C21H21N3O5S2. The van der Waals surface area contributed by atoms with Crippen LogP contribution in [0.4, 0.5) is 5.13 Å². The number of rotatable bonds is 8. The maximum absolute atomic E-state index is 12.7. The van der Waals surface area contributed by atoms with Crippen LogP contribution in [-0.4, -0.2) is 39.6 Å². The molecule has 1 heterocycles. The van der Waals surface area contributed by atoms with Gasteiger partial charge in [-0.25, -0.2) is 18.1 Å². The molecule has 0 atom stereocenters. The van der Waals surface area contributed by atoms with E-state index in [0.29, 0.717) is 22.3 Å². The van der Waals surface area contributed by atoms with Crippen molar-refractivity contribution >= 4 is 32.4 Å². The first-order valence-electron chi connectivity index (χ1n) is 9.51. The topological polar surface area (TPSA) is 107 Å². The Hall–Kier alpha value is -2.95. The lowest BCUT2D eigenvalue weighted by Gasteiger charge is -2.08. The SMILES string of the molecule is COc1ccc(OC)c(-c2csc(NC(=O)c3cccc(S(=O)(=O)NC4CC4)c3)n2)c1. The van der Waals surface area contributed by atoms with E-state index in [1.807, 2.05) is 0 Å². The first-order chi connectivity index (χ1) is 14.9. The van der Waals surface area contributed by atoms with Gasteiger partial charge in [0.2, 0.25) is 10.0 Å². The summed E-state index contributed by atoms with van der Waals surface area (Å²) in [6.45, 7) is 0. The Morgan fingerprint density at radius 2 is 1.94 bits per heavy atom. The van der Waals surface area contributed by atoms with Gasteiger partial charge in [-0.1, -0.05) is 6.07 Å². The fourth-order valence-electron chi connectivity index (χ4n) is 2.93. The molecule has 1 aliphatic carbocycles. The number of carbonyl (C=O) groups is 1. The zero-order valence-electron chi connectivity index (χ0n) is 16.9. The Balaban J connectivity index is 1.53. The van der Waals surface area contributed by atoms with Crippen LogP contribution in [0.25, 0.3) is 11.3 Å². The van der Waals surface area contributed by atoms with E-state index >= 15 is 0 Å². The fraction of sp³-hybridized carbons (Fsp3) is 0.238. The van der Waals surface area contributed by atoms with Crippen molar-refractivity contribution in [3.8, 4) is 22.8 Å². The van der Waals surface area contributed by atoms with Crippen LogP contribution < -0.4 is 19.5 Å². The minimum atomic E-state index is -3.64. The van der Waals surface area contributed by atoms with Crippen molar-refractivity contribution < 1.29 is 22.7 Å². The quantitative estimate of drug-likeness (QED) is 0.534. The molecule has 162 valence electrons. The van der Waals surface area contributed by atoms with Crippen LogP contribution in [0.15, 0.2) is 52.7 Å². The number of benzene rings is 2. The Morgan fingerprint density at radius 3 is 2.65 bits per heavy atom. The minimum Gasteiger partial charge on any atom is -0.497 e. The van der Waals surface area contributed by atoms with E-state index in [1.165, 1.54) is 23.5 Å². The molecule has 8 nitrogen and oxygen atoms in total. The zero-order chi connectivity index (χ0) is 22.0. The summed E-state index contributed by atoms with van der Waals surface area (Å²) >= 11 is 1.26. The van der Waals surface area contributed by atoms with Gasteiger partial charge in [0.1, 0.15) is 11.5 Å². The molecule has 1 fully saturated rings. The average molecular weight is 460 g/mol. The standard InChI is InChI=1S/C21H21N3O5S2/c1-28-15-8-9-19(29-2)17(11-15)18-12-30-21(22-18)23-20(25)13-4-3-5-16(10-13)31(26,27)24-14-6-7-14/h3-5,8-12,14,24H,6-7H2,1-2H3,(H,22,23,25). The largest absolute Gasteiger partial charge is 0.497 e. The van der Waals surface area contributed by atoms with Gasteiger partial charge < -0.3 is 9.47 Å².